The molecule has 0 aliphatic carbocycles. The van der Waals surface area contributed by atoms with Crippen molar-refractivity contribution >= 4 is 0 Å². The monoisotopic (exact) mass is 201 g/mol. The SMILES string of the molecule is CCCCCCCC(O)(CN)CCC. The number of aliphatic hydroxyl groups is 1. The van der Waals surface area contributed by atoms with E-state index in [-0.39, 0.29) is 0 Å². The predicted molar refractivity (Wildman–Crippen MR) is 62.3 cm³/mol. The topological polar surface area (TPSA) is 46.2 Å². The molecule has 0 aromatic heterocycles. The molecule has 1 unspecified atom stereocenters. The number of rotatable bonds is 9. The first-order chi connectivity index (χ1) is 6.68. The molecule has 0 radical (unpaired) electrons. The summed E-state index contributed by atoms with van der Waals surface area (Å²) in [5, 5.41) is 10.1. The first-order valence-electron chi connectivity index (χ1n) is 6.11. The lowest BCUT2D eigenvalue weighted by Crippen LogP contribution is -2.37. The van der Waals surface area contributed by atoms with E-state index < -0.39 is 5.60 Å². The van der Waals surface area contributed by atoms with Crippen molar-refractivity contribution in [3.8, 4) is 0 Å². The van der Waals surface area contributed by atoms with Gasteiger partial charge in [-0.3, -0.25) is 0 Å². The van der Waals surface area contributed by atoms with Gasteiger partial charge in [-0.15, -0.1) is 0 Å². The van der Waals surface area contributed by atoms with E-state index in [0.717, 1.165) is 25.7 Å². The molecule has 3 N–H and O–H groups in total. The molecule has 2 heteroatoms. The highest BCUT2D eigenvalue weighted by Crippen LogP contribution is 2.20. The molecule has 0 aromatic rings. The van der Waals surface area contributed by atoms with Crippen LogP contribution in [0, 0.1) is 0 Å². The summed E-state index contributed by atoms with van der Waals surface area (Å²) < 4.78 is 0. The van der Waals surface area contributed by atoms with E-state index in [4.69, 9.17) is 5.73 Å². The largest absolute Gasteiger partial charge is 0.389 e. The van der Waals surface area contributed by atoms with Gasteiger partial charge in [-0.05, 0) is 12.8 Å². The van der Waals surface area contributed by atoms with Gasteiger partial charge in [-0.2, -0.15) is 0 Å². The van der Waals surface area contributed by atoms with Gasteiger partial charge in [-0.25, -0.2) is 0 Å². The van der Waals surface area contributed by atoms with E-state index >= 15 is 0 Å². The molecule has 0 saturated carbocycles. The Morgan fingerprint density at radius 3 is 2.07 bits per heavy atom. The summed E-state index contributed by atoms with van der Waals surface area (Å²) in [6.45, 7) is 4.72. The number of hydrogen-bond donors (Lipinski definition) is 2. The molecule has 14 heavy (non-hydrogen) atoms. The standard InChI is InChI=1S/C12H27NO/c1-3-5-6-7-8-10-12(14,11-13)9-4-2/h14H,3-11,13H2,1-2H3. The first-order valence-corrected chi connectivity index (χ1v) is 6.11. The van der Waals surface area contributed by atoms with E-state index in [1.165, 1.54) is 25.7 Å². The van der Waals surface area contributed by atoms with Crippen molar-refractivity contribution in [1.29, 1.82) is 0 Å². The van der Waals surface area contributed by atoms with E-state index in [0.29, 0.717) is 6.54 Å². The Morgan fingerprint density at radius 1 is 0.929 bits per heavy atom. The van der Waals surface area contributed by atoms with E-state index in [9.17, 15) is 5.11 Å². The molecule has 86 valence electrons. The molecule has 0 fully saturated rings. The molecular formula is C12H27NO. The fourth-order valence-corrected chi connectivity index (χ4v) is 1.85. The Balaban J connectivity index is 3.51. The van der Waals surface area contributed by atoms with Crippen molar-refractivity contribution in [2.75, 3.05) is 6.54 Å². The zero-order valence-electron chi connectivity index (χ0n) is 9.89. The van der Waals surface area contributed by atoms with Crippen LogP contribution in [0.3, 0.4) is 0 Å². The molecule has 0 spiro atoms. The summed E-state index contributed by atoms with van der Waals surface area (Å²) in [4.78, 5) is 0. The molecule has 0 amide bonds. The van der Waals surface area contributed by atoms with Crippen molar-refractivity contribution in [2.24, 2.45) is 5.73 Å². The van der Waals surface area contributed by atoms with Crippen LogP contribution in [-0.2, 0) is 0 Å². The van der Waals surface area contributed by atoms with Gasteiger partial charge < -0.3 is 10.8 Å². The maximum absolute atomic E-state index is 10.1. The maximum Gasteiger partial charge on any atom is 0.0769 e. The number of hydrogen-bond acceptors (Lipinski definition) is 2. The van der Waals surface area contributed by atoms with E-state index in [2.05, 4.69) is 13.8 Å². The van der Waals surface area contributed by atoms with Crippen LogP contribution >= 0.6 is 0 Å². The molecule has 0 heterocycles. The van der Waals surface area contributed by atoms with Crippen LogP contribution < -0.4 is 5.73 Å². The van der Waals surface area contributed by atoms with Crippen molar-refractivity contribution < 1.29 is 5.11 Å². The maximum atomic E-state index is 10.1. The summed E-state index contributed by atoms with van der Waals surface area (Å²) in [7, 11) is 0. The van der Waals surface area contributed by atoms with Crippen molar-refractivity contribution in [2.45, 2.75) is 70.8 Å². The fourth-order valence-electron chi connectivity index (χ4n) is 1.85. The van der Waals surface area contributed by atoms with Gasteiger partial charge in [0.1, 0.15) is 0 Å². The van der Waals surface area contributed by atoms with Crippen molar-refractivity contribution in [3.63, 3.8) is 0 Å². The van der Waals surface area contributed by atoms with Crippen molar-refractivity contribution in [3.05, 3.63) is 0 Å². The minimum atomic E-state index is -0.582. The Morgan fingerprint density at radius 2 is 1.57 bits per heavy atom. The molecule has 0 saturated heterocycles. The predicted octanol–water partition coefficient (Wildman–Crippen LogP) is 2.84. The molecular weight excluding hydrogens is 174 g/mol. The third-order valence-corrected chi connectivity index (χ3v) is 2.84. The Bertz CT molecular complexity index is 127. The van der Waals surface area contributed by atoms with Crippen LogP contribution in [0.4, 0.5) is 0 Å². The van der Waals surface area contributed by atoms with Gasteiger partial charge in [0.15, 0.2) is 0 Å². The molecule has 0 rings (SSSR count). The molecule has 0 aromatic carbocycles. The average Bonchev–Trinajstić information content (AvgIpc) is 2.18. The number of nitrogens with two attached hydrogens (primary N) is 1. The summed E-state index contributed by atoms with van der Waals surface area (Å²) in [6, 6.07) is 0. The normalized spacial score (nSPS) is 15.4. The molecule has 2 nitrogen and oxygen atoms in total. The smallest absolute Gasteiger partial charge is 0.0769 e. The molecule has 0 aliphatic rings. The van der Waals surface area contributed by atoms with Crippen molar-refractivity contribution in [1.82, 2.24) is 0 Å². The van der Waals surface area contributed by atoms with E-state index in [1.54, 1.807) is 0 Å². The van der Waals surface area contributed by atoms with Crippen LogP contribution in [0.25, 0.3) is 0 Å². The van der Waals surface area contributed by atoms with Gasteiger partial charge >= 0.3 is 0 Å². The first kappa shape index (κ1) is 13.9. The average molecular weight is 201 g/mol. The lowest BCUT2D eigenvalue weighted by Gasteiger charge is -2.25. The summed E-state index contributed by atoms with van der Waals surface area (Å²) in [5.74, 6) is 0. The second-order valence-electron chi connectivity index (χ2n) is 4.34. The van der Waals surface area contributed by atoms with Gasteiger partial charge in [0, 0.05) is 6.54 Å². The van der Waals surface area contributed by atoms with Gasteiger partial charge in [0.2, 0.25) is 0 Å². The second-order valence-corrected chi connectivity index (χ2v) is 4.34. The van der Waals surface area contributed by atoms with Crippen LogP contribution in [0.5, 0.6) is 0 Å². The van der Waals surface area contributed by atoms with Crippen LogP contribution in [0.2, 0.25) is 0 Å². The summed E-state index contributed by atoms with van der Waals surface area (Å²) in [6.07, 6.45) is 8.97. The lowest BCUT2D eigenvalue weighted by atomic mass is 9.91. The fraction of sp³-hybridized carbons (Fsp3) is 1.00. The quantitative estimate of drug-likeness (QED) is 0.563. The highest BCUT2D eigenvalue weighted by molar-refractivity contribution is 4.78. The zero-order valence-corrected chi connectivity index (χ0v) is 9.89. The summed E-state index contributed by atoms with van der Waals surface area (Å²) in [5.41, 5.74) is 5.00. The lowest BCUT2D eigenvalue weighted by molar-refractivity contribution is 0.0283. The minimum Gasteiger partial charge on any atom is -0.389 e. The minimum absolute atomic E-state index is 0.411. The Labute approximate surface area is 88.9 Å². The molecule has 0 aliphatic heterocycles. The molecule has 1 atom stereocenters. The molecule has 0 bridgehead atoms. The van der Waals surface area contributed by atoms with Gasteiger partial charge in [-0.1, -0.05) is 52.4 Å². The Kier molecular flexibility index (Phi) is 8.20. The van der Waals surface area contributed by atoms with Crippen LogP contribution in [0.1, 0.15) is 65.2 Å². The van der Waals surface area contributed by atoms with E-state index in [1.807, 2.05) is 0 Å². The van der Waals surface area contributed by atoms with Crippen LogP contribution in [0.15, 0.2) is 0 Å². The second kappa shape index (κ2) is 8.25. The third kappa shape index (κ3) is 6.39. The highest BCUT2D eigenvalue weighted by Gasteiger charge is 2.22. The zero-order chi connectivity index (χ0) is 10.9. The van der Waals surface area contributed by atoms with Gasteiger partial charge in [0.25, 0.3) is 0 Å². The third-order valence-electron chi connectivity index (χ3n) is 2.84. The summed E-state index contributed by atoms with van der Waals surface area (Å²) >= 11 is 0. The Hall–Kier alpha value is -0.0800. The van der Waals surface area contributed by atoms with Crippen LogP contribution in [-0.4, -0.2) is 17.3 Å². The highest BCUT2D eigenvalue weighted by atomic mass is 16.3. The number of unbranched alkanes of at least 4 members (excludes halogenated alkanes) is 4. The van der Waals surface area contributed by atoms with Gasteiger partial charge in [0.05, 0.1) is 5.60 Å².